The van der Waals surface area contributed by atoms with Gasteiger partial charge in [-0.2, -0.15) is 0 Å². The van der Waals surface area contributed by atoms with Crippen LogP contribution in [0.5, 0.6) is 11.5 Å². The zero-order valence-electron chi connectivity index (χ0n) is 12.5. The molecule has 0 radical (unpaired) electrons. The normalized spacial score (nSPS) is 10.4. The average Bonchev–Trinajstić information content (AvgIpc) is 2.46. The molecule has 0 fully saturated rings. The maximum absolute atomic E-state index is 5.89. The molecule has 0 unspecified atom stereocenters. The number of benzene rings is 2. The number of nitrogens with two attached hydrogens (primary N) is 1. The van der Waals surface area contributed by atoms with Crippen molar-refractivity contribution in [1.82, 2.24) is 0 Å². The first-order valence-corrected chi connectivity index (χ1v) is 6.63. The second kappa shape index (κ2) is 5.97. The van der Waals surface area contributed by atoms with Crippen LogP contribution in [-0.4, -0.2) is 14.2 Å². The van der Waals surface area contributed by atoms with Gasteiger partial charge < -0.3 is 15.2 Å². The van der Waals surface area contributed by atoms with Crippen molar-refractivity contribution in [3.8, 4) is 22.6 Å². The van der Waals surface area contributed by atoms with E-state index in [0.29, 0.717) is 12.3 Å². The lowest BCUT2D eigenvalue weighted by atomic mass is 9.94. The zero-order valence-corrected chi connectivity index (χ0v) is 12.5. The Labute approximate surface area is 120 Å². The molecule has 2 aromatic rings. The van der Waals surface area contributed by atoms with E-state index < -0.39 is 0 Å². The standard InChI is InChI=1S/C17H21NO2/c1-11-5-6-14(12(2)7-11)15-9-17(20-4)16(19-3)8-13(15)10-18/h5-9H,10,18H2,1-4H3. The van der Waals surface area contributed by atoms with Gasteiger partial charge in [0.25, 0.3) is 0 Å². The first-order chi connectivity index (χ1) is 9.60. The molecule has 0 saturated heterocycles. The number of rotatable bonds is 4. The third-order valence-electron chi connectivity index (χ3n) is 3.50. The van der Waals surface area contributed by atoms with Crippen LogP contribution in [0.2, 0.25) is 0 Å². The Morgan fingerprint density at radius 2 is 1.55 bits per heavy atom. The average molecular weight is 271 g/mol. The SMILES string of the molecule is COc1cc(CN)c(-c2ccc(C)cc2C)cc1OC. The lowest BCUT2D eigenvalue weighted by molar-refractivity contribution is 0.354. The summed E-state index contributed by atoms with van der Waals surface area (Å²) in [4.78, 5) is 0. The highest BCUT2D eigenvalue weighted by molar-refractivity contribution is 5.74. The van der Waals surface area contributed by atoms with E-state index in [1.165, 1.54) is 16.7 Å². The Kier molecular flexibility index (Phi) is 4.30. The second-order valence-electron chi connectivity index (χ2n) is 4.89. The number of aryl methyl sites for hydroxylation is 2. The summed E-state index contributed by atoms with van der Waals surface area (Å²) in [6, 6.07) is 10.4. The predicted octanol–water partition coefficient (Wildman–Crippen LogP) is 3.45. The molecule has 0 atom stereocenters. The van der Waals surface area contributed by atoms with Crippen LogP contribution in [0.4, 0.5) is 0 Å². The summed E-state index contributed by atoms with van der Waals surface area (Å²) < 4.78 is 10.7. The summed E-state index contributed by atoms with van der Waals surface area (Å²) in [6.07, 6.45) is 0. The van der Waals surface area contributed by atoms with Crippen molar-refractivity contribution in [2.45, 2.75) is 20.4 Å². The van der Waals surface area contributed by atoms with Crippen LogP contribution in [0.15, 0.2) is 30.3 Å². The molecular formula is C17H21NO2. The molecule has 0 amide bonds. The van der Waals surface area contributed by atoms with Crippen LogP contribution in [-0.2, 0) is 6.54 Å². The van der Waals surface area contributed by atoms with Gasteiger partial charge in [0, 0.05) is 6.54 Å². The second-order valence-corrected chi connectivity index (χ2v) is 4.89. The topological polar surface area (TPSA) is 44.5 Å². The first kappa shape index (κ1) is 14.4. The van der Waals surface area contributed by atoms with E-state index in [2.05, 4.69) is 32.0 Å². The molecule has 3 heteroatoms. The van der Waals surface area contributed by atoms with Gasteiger partial charge in [-0.25, -0.2) is 0 Å². The van der Waals surface area contributed by atoms with Crippen molar-refractivity contribution in [3.05, 3.63) is 47.0 Å². The summed E-state index contributed by atoms with van der Waals surface area (Å²) in [5, 5.41) is 0. The lowest BCUT2D eigenvalue weighted by Gasteiger charge is -2.16. The number of ether oxygens (including phenoxy) is 2. The van der Waals surface area contributed by atoms with Gasteiger partial charge in [-0.05, 0) is 48.2 Å². The highest BCUT2D eigenvalue weighted by atomic mass is 16.5. The zero-order chi connectivity index (χ0) is 14.7. The van der Waals surface area contributed by atoms with Gasteiger partial charge in [-0.1, -0.05) is 23.8 Å². The largest absolute Gasteiger partial charge is 0.493 e. The van der Waals surface area contributed by atoms with E-state index in [9.17, 15) is 0 Å². The van der Waals surface area contributed by atoms with Gasteiger partial charge in [0.2, 0.25) is 0 Å². The minimum atomic E-state index is 0.461. The molecule has 0 aromatic heterocycles. The van der Waals surface area contributed by atoms with E-state index in [1.54, 1.807) is 14.2 Å². The van der Waals surface area contributed by atoms with Gasteiger partial charge in [-0.3, -0.25) is 0 Å². The van der Waals surface area contributed by atoms with Crippen LogP contribution in [0.3, 0.4) is 0 Å². The Bertz CT molecular complexity index is 621. The Hall–Kier alpha value is -2.00. The molecule has 2 N–H and O–H groups in total. The minimum absolute atomic E-state index is 0.461. The molecule has 0 saturated carbocycles. The molecule has 0 bridgehead atoms. The van der Waals surface area contributed by atoms with Crippen molar-refractivity contribution >= 4 is 0 Å². The van der Waals surface area contributed by atoms with Gasteiger partial charge in [0.05, 0.1) is 14.2 Å². The lowest BCUT2D eigenvalue weighted by Crippen LogP contribution is -2.02. The van der Waals surface area contributed by atoms with Crippen molar-refractivity contribution in [2.75, 3.05) is 14.2 Å². The van der Waals surface area contributed by atoms with Crippen molar-refractivity contribution in [2.24, 2.45) is 5.73 Å². The van der Waals surface area contributed by atoms with E-state index in [0.717, 1.165) is 16.9 Å². The molecule has 0 spiro atoms. The van der Waals surface area contributed by atoms with Crippen LogP contribution < -0.4 is 15.2 Å². The van der Waals surface area contributed by atoms with E-state index in [1.807, 2.05) is 12.1 Å². The third kappa shape index (κ3) is 2.63. The highest BCUT2D eigenvalue weighted by Crippen LogP contribution is 2.36. The molecule has 0 aliphatic heterocycles. The first-order valence-electron chi connectivity index (χ1n) is 6.63. The maximum Gasteiger partial charge on any atom is 0.161 e. The van der Waals surface area contributed by atoms with E-state index in [-0.39, 0.29) is 0 Å². The number of methoxy groups -OCH3 is 2. The molecule has 0 heterocycles. The molecule has 106 valence electrons. The van der Waals surface area contributed by atoms with Crippen molar-refractivity contribution in [1.29, 1.82) is 0 Å². The fraction of sp³-hybridized carbons (Fsp3) is 0.294. The summed E-state index contributed by atoms with van der Waals surface area (Å²) >= 11 is 0. The number of hydrogen-bond donors (Lipinski definition) is 1. The smallest absolute Gasteiger partial charge is 0.161 e. The molecule has 3 nitrogen and oxygen atoms in total. The summed E-state index contributed by atoms with van der Waals surface area (Å²) in [7, 11) is 3.28. The molecule has 0 aliphatic rings. The maximum atomic E-state index is 5.89. The summed E-state index contributed by atoms with van der Waals surface area (Å²) in [5.74, 6) is 1.43. The van der Waals surface area contributed by atoms with Crippen LogP contribution in [0.25, 0.3) is 11.1 Å². The van der Waals surface area contributed by atoms with E-state index >= 15 is 0 Å². The Morgan fingerprint density at radius 1 is 0.900 bits per heavy atom. The predicted molar refractivity (Wildman–Crippen MR) is 82.3 cm³/mol. The summed E-state index contributed by atoms with van der Waals surface area (Å²) in [6.45, 7) is 4.66. The monoisotopic (exact) mass is 271 g/mol. The minimum Gasteiger partial charge on any atom is -0.493 e. The van der Waals surface area contributed by atoms with Crippen molar-refractivity contribution < 1.29 is 9.47 Å². The van der Waals surface area contributed by atoms with E-state index in [4.69, 9.17) is 15.2 Å². The van der Waals surface area contributed by atoms with Gasteiger partial charge in [-0.15, -0.1) is 0 Å². The third-order valence-corrected chi connectivity index (χ3v) is 3.50. The number of hydrogen-bond acceptors (Lipinski definition) is 3. The van der Waals surface area contributed by atoms with Gasteiger partial charge in [0.1, 0.15) is 0 Å². The fourth-order valence-corrected chi connectivity index (χ4v) is 2.46. The fourth-order valence-electron chi connectivity index (χ4n) is 2.46. The quantitative estimate of drug-likeness (QED) is 0.926. The van der Waals surface area contributed by atoms with Gasteiger partial charge >= 0.3 is 0 Å². The van der Waals surface area contributed by atoms with Crippen LogP contribution in [0.1, 0.15) is 16.7 Å². The molecule has 2 rings (SSSR count). The van der Waals surface area contributed by atoms with Crippen molar-refractivity contribution in [3.63, 3.8) is 0 Å². The Morgan fingerprint density at radius 3 is 2.10 bits per heavy atom. The Balaban J connectivity index is 2.65. The highest BCUT2D eigenvalue weighted by Gasteiger charge is 2.13. The summed E-state index contributed by atoms with van der Waals surface area (Å²) in [5.41, 5.74) is 11.7. The molecule has 2 aromatic carbocycles. The molecule has 20 heavy (non-hydrogen) atoms. The van der Waals surface area contributed by atoms with Crippen LogP contribution >= 0.6 is 0 Å². The van der Waals surface area contributed by atoms with Crippen LogP contribution in [0, 0.1) is 13.8 Å². The molecular weight excluding hydrogens is 250 g/mol. The van der Waals surface area contributed by atoms with Gasteiger partial charge in [0.15, 0.2) is 11.5 Å². The molecule has 0 aliphatic carbocycles.